The van der Waals surface area contributed by atoms with Crippen molar-refractivity contribution in [3.8, 4) is 0 Å². The molecule has 0 aliphatic carbocycles. The van der Waals surface area contributed by atoms with Gasteiger partial charge in [-0.2, -0.15) is 0 Å². The first-order valence-corrected chi connectivity index (χ1v) is 21.1. The summed E-state index contributed by atoms with van der Waals surface area (Å²) in [6.45, 7) is 20.9. The molecule has 4 nitrogen and oxygen atoms in total. The van der Waals surface area contributed by atoms with E-state index in [0.29, 0.717) is 5.56 Å². The van der Waals surface area contributed by atoms with Crippen LogP contribution < -0.4 is 0 Å². The molecule has 9 heteroatoms. The van der Waals surface area contributed by atoms with E-state index >= 15 is 0 Å². The summed E-state index contributed by atoms with van der Waals surface area (Å²) < 4.78 is 22.3. The van der Waals surface area contributed by atoms with Crippen LogP contribution in [0.15, 0.2) is 129 Å². The van der Waals surface area contributed by atoms with Crippen molar-refractivity contribution in [3.63, 3.8) is 0 Å². The first-order chi connectivity index (χ1) is 22.8. The SMILES string of the molecule is C.CC.CC.CC.CC.CC(C)(O)c1ccc(S(C)(=O)=O)cc1.CSc1ccc(C(C)=O)cc1.CSc1ccccc1.Sc1ccccc1.[CH3-].[Y]. The van der Waals surface area contributed by atoms with Crippen molar-refractivity contribution < 1.29 is 51.0 Å². The molecule has 0 fully saturated rings. The van der Waals surface area contributed by atoms with E-state index in [0.717, 1.165) is 16.7 Å². The summed E-state index contributed by atoms with van der Waals surface area (Å²) in [6, 6.07) is 34.0. The minimum atomic E-state index is -3.15. The zero-order valence-corrected chi connectivity index (χ0v) is 39.5. The van der Waals surface area contributed by atoms with E-state index in [-0.39, 0.29) is 58.2 Å². The molecule has 51 heavy (non-hydrogen) atoms. The standard InChI is InChI=1S/C10H14O3S.C9H10OS.C7H8S.C6H6S.4C2H6.CH4.CH3.Y/c1-10(2,11)8-4-6-9(7-5-8)14(3,12)13;1-7(10)8-3-5-9(11-2)6-4-8;1-8-7-5-3-2-4-6-7;7-6-4-2-1-3-5-6;4*1-2;;;/h4-7,11H,1-3H3;3-6H,1-2H3;2-6H,1H3;1-5,7H;4*1-2H3;1H4;1H3;/q;;;;;;;;;-1;. The Balaban J connectivity index is -0.0000000951. The number of rotatable bonds is 5. The molecule has 1 N–H and O–H groups in total. The minimum Gasteiger partial charge on any atom is -0.386 e. The van der Waals surface area contributed by atoms with Gasteiger partial charge in [-0.3, -0.25) is 4.79 Å². The van der Waals surface area contributed by atoms with E-state index in [1.807, 2.05) is 134 Å². The molecule has 0 saturated carbocycles. The smallest absolute Gasteiger partial charge is 0.175 e. The first-order valence-electron chi connectivity index (χ1n) is 16.3. The molecule has 0 aliphatic heterocycles. The normalized spacial score (nSPS) is 8.71. The van der Waals surface area contributed by atoms with Crippen LogP contribution in [-0.4, -0.2) is 38.1 Å². The van der Waals surface area contributed by atoms with Crippen LogP contribution in [0.4, 0.5) is 0 Å². The summed E-state index contributed by atoms with van der Waals surface area (Å²) in [5.41, 5.74) is 0.545. The molecular formula is C42H69O4S4Y-. The largest absolute Gasteiger partial charge is 0.386 e. The van der Waals surface area contributed by atoms with Crippen LogP contribution in [0, 0.1) is 7.43 Å². The Morgan fingerprint density at radius 2 is 0.980 bits per heavy atom. The number of hydrogen-bond acceptors (Lipinski definition) is 7. The van der Waals surface area contributed by atoms with Crippen LogP contribution in [0.25, 0.3) is 0 Å². The number of benzene rings is 4. The Labute approximate surface area is 355 Å². The fourth-order valence-electron chi connectivity index (χ4n) is 2.92. The predicted molar refractivity (Wildman–Crippen MR) is 233 cm³/mol. The second-order valence-electron chi connectivity index (χ2n) is 8.99. The van der Waals surface area contributed by atoms with Gasteiger partial charge in [0.05, 0.1) is 10.5 Å². The average Bonchev–Trinajstić information content (AvgIpc) is 3.12. The molecule has 0 aliphatic rings. The molecule has 0 atom stereocenters. The molecule has 0 aromatic heterocycles. The Morgan fingerprint density at radius 1 is 0.647 bits per heavy atom. The van der Waals surface area contributed by atoms with E-state index in [2.05, 4.69) is 31.0 Å². The quantitative estimate of drug-likeness (QED) is 0.0902. The van der Waals surface area contributed by atoms with Crippen molar-refractivity contribution in [2.45, 2.75) is 109 Å². The summed E-state index contributed by atoms with van der Waals surface area (Å²) in [4.78, 5) is 14.6. The molecule has 1 radical (unpaired) electrons. The Morgan fingerprint density at radius 3 is 1.22 bits per heavy atom. The maximum atomic E-state index is 11.1. The number of hydrogen-bond donors (Lipinski definition) is 2. The topological polar surface area (TPSA) is 71.4 Å². The van der Waals surface area contributed by atoms with Crippen LogP contribution in [0.1, 0.15) is 99.5 Å². The zero-order chi connectivity index (χ0) is 38.2. The number of carbonyl (C=O) groups is 1. The second kappa shape index (κ2) is 41.4. The predicted octanol–water partition coefficient (Wildman–Crippen LogP) is 13.5. The van der Waals surface area contributed by atoms with Gasteiger partial charge in [0.15, 0.2) is 15.6 Å². The van der Waals surface area contributed by atoms with Gasteiger partial charge in [-0.1, -0.05) is 123 Å². The molecule has 4 aromatic rings. The maximum absolute atomic E-state index is 11.1. The monoisotopic (exact) mass is 854 g/mol. The van der Waals surface area contributed by atoms with Gasteiger partial charge in [-0.25, -0.2) is 8.42 Å². The molecule has 289 valence electrons. The number of Topliss-reactive ketones (excluding diaryl/α,β-unsaturated/α-hetero) is 1. The molecular weight excluding hydrogens is 786 g/mol. The molecule has 0 heterocycles. The average molecular weight is 855 g/mol. The van der Waals surface area contributed by atoms with Gasteiger partial charge in [0.25, 0.3) is 0 Å². The summed E-state index contributed by atoms with van der Waals surface area (Å²) in [5.74, 6) is 0.123. The van der Waals surface area contributed by atoms with Crippen molar-refractivity contribution in [2.24, 2.45) is 0 Å². The van der Waals surface area contributed by atoms with E-state index in [1.165, 1.54) is 21.9 Å². The molecule has 4 rings (SSSR count). The fraction of sp³-hybridized carbons (Fsp3) is 0.381. The van der Waals surface area contributed by atoms with Gasteiger partial charge in [-0.05, 0) is 87.4 Å². The number of aliphatic hydroxyl groups is 1. The van der Waals surface area contributed by atoms with Gasteiger partial charge >= 0.3 is 0 Å². The molecule has 0 bridgehead atoms. The third kappa shape index (κ3) is 35.4. The Bertz CT molecular complexity index is 1380. The summed E-state index contributed by atoms with van der Waals surface area (Å²) in [6.07, 6.45) is 5.25. The van der Waals surface area contributed by atoms with Crippen LogP contribution in [0.5, 0.6) is 0 Å². The van der Waals surface area contributed by atoms with Gasteiger partial charge < -0.3 is 12.5 Å². The van der Waals surface area contributed by atoms with Crippen LogP contribution in [-0.2, 0) is 48.1 Å². The Hall–Kier alpha value is -1.39. The van der Waals surface area contributed by atoms with E-state index in [9.17, 15) is 18.3 Å². The van der Waals surface area contributed by atoms with Gasteiger partial charge in [0.1, 0.15) is 0 Å². The molecule has 0 spiro atoms. The zero-order valence-electron chi connectivity index (χ0n) is 33.3. The summed E-state index contributed by atoms with van der Waals surface area (Å²) >= 11 is 7.53. The first kappa shape index (κ1) is 64.6. The van der Waals surface area contributed by atoms with Crippen LogP contribution >= 0.6 is 36.2 Å². The number of thiol groups is 1. The molecule has 0 saturated heterocycles. The van der Waals surface area contributed by atoms with Crippen molar-refractivity contribution in [2.75, 3.05) is 18.8 Å². The van der Waals surface area contributed by atoms with Crippen molar-refractivity contribution in [1.82, 2.24) is 0 Å². The van der Waals surface area contributed by atoms with E-state index < -0.39 is 15.4 Å². The van der Waals surface area contributed by atoms with Crippen molar-refractivity contribution in [1.29, 1.82) is 0 Å². The molecule has 0 amide bonds. The maximum Gasteiger partial charge on any atom is 0.175 e. The van der Waals surface area contributed by atoms with E-state index in [1.54, 1.807) is 56.4 Å². The molecule has 4 aromatic carbocycles. The van der Waals surface area contributed by atoms with Crippen molar-refractivity contribution in [3.05, 3.63) is 128 Å². The third-order valence-electron chi connectivity index (χ3n) is 5.22. The Kier molecular flexibility index (Phi) is 52.4. The number of carbonyl (C=O) groups excluding carboxylic acids is 1. The van der Waals surface area contributed by atoms with Crippen molar-refractivity contribution >= 4 is 51.8 Å². The fourth-order valence-corrected chi connectivity index (χ4v) is 4.56. The van der Waals surface area contributed by atoms with Crippen LogP contribution in [0.2, 0.25) is 0 Å². The second-order valence-corrected chi connectivity index (χ2v) is 13.3. The number of ketones is 1. The third-order valence-corrected chi connectivity index (χ3v) is 8.13. The number of sulfone groups is 1. The minimum absolute atomic E-state index is 0. The van der Waals surface area contributed by atoms with Gasteiger partial charge in [0.2, 0.25) is 0 Å². The summed E-state index contributed by atoms with van der Waals surface area (Å²) in [7, 11) is -3.15. The van der Waals surface area contributed by atoms with Crippen LogP contribution in [0.3, 0.4) is 0 Å². The van der Waals surface area contributed by atoms with E-state index in [4.69, 9.17) is 0 Å². The summed E-state index contributed by atoms with van der Waals surface area (Å²) in [5, 5.41) is 9.63. The number of thioether (sulfide) groups is 2. The molecule has 0 unspecified atom stereocenters. The van der Waals surface area contributed by atoms with Gasteiger partial charge in [-0.15, -0.1) is 36.2 Å². The van der Waals surface area contributed by atoms with Gasteiger partial charge in [0, 0.05) is 59.2 Å².